The van der Waals surface area contributed by atoms with Gasteiger partial charge in [0.1, 0.15) is 11.4 Å². The van der Waals surface area contributed by atoms with Crippen molar-refractivity contribution in [3.63, 3.8) is 0 Å². The molecular formula is C11H19N3O2. The van der Waals surface area contributed by atoms with Crippen LogP contribution in [0.4, 0.5) is 5.69 Å². The van der Waals surface area contributed by atoms with Gasteiger partial charge in [-0.3, -0.25) is 4.79 Å². The highest BCUT2D eigenvalue weighted by Gasteiger charge is 2.20. The Kier molecular flexibility index (Phi) is 4.06. The summed E-state index contributed by atoms with van der Waals surface area (Å²) in [7, 11) is 0. The fourth-order valence-electron chi connectivity index (χ4n) is 1.30. The molecular weight excluding hydrogens is 206 g/mol. The third-order valence-corrected chi connectivity index (χ3v) is 2.72. The first-order chi connectivity index (χ1) is 7.47. The highest BCUT2D eigenvalue weighted by molar-refractivity contribution is 5.93. The molecule has 0 aromatic carbocycles. The Morgan fingerprint density at radius 2 is 2.19 bits per heavy atom. The van der Waals surface area contributed by atoms with Crippen LogP contribution in [0, 0.1) is 12.8 Å². The Balaban J connectivity index is 2.80. The first kappa shape index (κ1) is 12.7. The zero-order valence-electron chi connectivity index (χ0n) is 10.2. The first-order valence-electron chi connectivity index (χ1n) is 5.49. The number of aryl methyl sites for hydroxylation is 2. The molecule has 5 nitrogen and oxygen atoms in total. The van der Waals surface area contributed by atoms with Crippen LogP contribution in [0.1, 0.15) is 32.2 Å². The van der Waals surface area contributed by atoms with Gasteiger partial charge >= 0.3 is 0 Å². The van der Waals surface area contributed by atoms with Gasteiger partial charge in [-0.05, 0) is 20.3 Å². The molecule has 2 unspecified atom stereocenters. The topological polar surface area (TPSA) is 81.2 Å². The predicted octanol–water partition coefficient (Wildman–Crippen LogP) is 1.47. The lowest BCUT2D eigenvalue weighted by molar-refractivity contribution is -0.119. The summed E-state index contributed by atoms with van der Waals surface area (Å²) in [6, 6.07) is -0.176. The lowest BCUT2D eigenvalue weighted by Gasteiger charge is -2.15. The molecule has 0 radical (unpaired) electrons. The molecule has 1 heterocycles. The molecule has 0 saturated heterocycles. The number of hydrogen-bond donors (Lipinski definition) is 2. The van der Waals surface area contributed by atoms with Gasteiger partial charge in [0.2, 0.25) is 5.91 Å². The molecule has 0 aliphatic heterocycles. The smallest absolute Gasteiger partial charge is 0.228 e. The van der Waals surface area contributed by atoms with Crippen LogP contribution in [0.3, 0.4) is 0 Å². The van der Waals surface area contributed by atoms with E-state index in [0.717, 1.165) is 12.1 Å². The lowest BCUT2D eigenvalue weighted by atomic mass is 10.0. The van der Waals surface area contributed by atoms with Gasteiger partial charge in [-0.25, -0.2) is 0 Å². The number of rotatable bonds is 4. The molecule has 3 N–H and O–H groups in total. The van der Waals surface area contributed by atoms with E-state index in [2.05, 4.69) is 10.5 Å². The van der Waals surface area contributed by atoms with Crippen LogP contribution in [-0.4, -0.2) is 17.1 Å². The third kappa shape index (κ3) is 2.61. The maximum absolute atomic E-state index is 11.8. The van der Waals surface area contributed by atoms with Crippen LogP contribution in [-0.2, 0) is 11.2 Å². The third-order valence-electron chi connectivity index (χ3n) is 2.72. The van der Waals surface area contributed by atoms with Gasteiger partial charge in [0.15, 0.2) is 5.76 Å². The summed E-state index contributed by atoms with van der Waals surface area (Å²) >= 11 is 0. The van der Waals surface area contributed by atoms with Crippen molar-refractivity contribution in [2.45, 2.75) is 40.2 Å². The highest BCUT2D eigenvalue weighted by atomic mass is 16.5. The molecule has 1 aromatic heterocycles. The van der Waals surface area contributed by atoms with Gasteiger partial charge in [-0.15, -0.1) is 0 Å². The number of aromatic nitrogens is 1. The Labute approximate surface area is 95.4 Å². The standard InChI is InChI=1S/C11H19N3O2/c1-5-9-10(8(4)16-14-9)13-11(15)6(2)7(3)12/h6-7H,5,12H2,1-4H3,(H,13,15). The lowest BCUT2D eigenvalue weighted by Crippen LogP contribution is -2.34. The minimum atomic E-state index is -0.237. The maximum Gasteiger partial charge on any atom is 0.228 e. The molecule has 0 saturated carbocycles. The van der Waals surface area contributed by atoms with E-state index in [1.165, 1.54) is 0 Å². The molecule has 0 spiro atoms. The fourth-order valence-corrected chi connectivity index (χ4v) is 1.30. The summed E-state index contributed by atoms with van der Waals surface area (Å²) in [6.45, 7) is 7.35. The average molecular weight is 225 g/mol. The van der Waals surface area contributed by atoms with Crippen molar-refractivity contribution < 1.29 is 9.32 Å². The monoisotopic (exact) mass is 225 g/mol. The number of carbonyl (C=O) groups is 1. The molecule has 0 fully saturated rings. The number of nitrogens with one attached hydrogen (secondary N) is 1. The molecule has 0 aliphatic rings. The predicted molar refractivity (Wildman–Crippen MR) is 62.1 cm³/mol. The molecule has 5 heteroatoms. The molecule has 90 valence electrons. The average Bonchev–Trinajstić information content (AvgIpc) is 2.58. The van der Waals surface area contributed by atoms with Crippen molar-refractivity contribution in [2.75, 3.05) is 5.32 Å². The normalized spacial score (nSPS) is 14.6. The van der Waals surface area contributed by atoms with E-state index in [1.807, 2.05) is 13.8 Å². The van der Waals surface area contributed by atoms with Crippen LogP contribution >= 0.6 is 0 Å². The van der Waals surface area contributed by atoms with Gasteiger partial charge < -0.3 is 15.6 Å². The largest absolute Gasteiger partial charge is 0.359 e. The molecule has 1 rings (SSSR count). The van der Waals surface area contributed by atoms with Crippen LogP contribution in [0.2, 0.25) is 0 Å². The van der Waals surface area contributed by atoms with Crippen LogP contribution < -0.4 is 11.1 Å². The second-order valence-corrected chi connectivity index (χ2v) is 4.05. The van der Waals surface area contributed by atoms with Crippen molar-refractivity contribution in [2.24, 2.45) is 11.7 Å². The first-order valence-corrected chi connectivity index (χ1v) is 5.49. The van der Waals surface area contributed by atoms with Crippen LogP contribution in [0.5, 0.6) is 0 Å². The zero-order valence-corrected chi connectivity index (χ0v) is 10.2. The SMILES string of the molecule is CCc1noc(C)c1NC(=O)C(C)C(C)N. The van der Waals surface area contributed by atoms with Crippen molar-refractivity contribution >= 4 is 11.6 Å². The van der Waals surface area contributed by atoms with Crippen LogP contribution in [0.25, 0.3) is 0 Å². The van der Waals surface area contributed by atoms with Gasteiger partial charge in [0, 0.05) is 6.04 Å². The fraction of sp³-hybridized carbons (Fsp3) is 0.636. The van der Waals surface area contributed by atoms with Gasteiger partial charge in [-0.1, -0.05) is 19.0 Å². The van der Waals surface area contributed by atoms with Crippen molar-refractivity contribution in [3.8, 4) is 0 Å². The van der Waals surface area contributed by atoms with Crippen LogP contribution in [0.15, 0.2) is 4.52 Å². The molecule has 0 bridgehead atoms. The molecule has 16 heavy (non-hydrogen) atoms. The summed E-state index contributed by atoms with van der Waals surface area (Å²) in [4.78, 5) is 11.8. The van der Waals surface area contributed by atoms with Gasteiger partial charge in [0.05, 0.1) is 5.92 Å². The quantitative estimate of drug-likeness (QED) is 0.813. The van der Waals surface area contributed by atoms with E-state index in [9.17, 15) is 4.79 Å². The Morgan fingerprint density at radius 1 is 1.56 bits per heavy atom. The van der Waals surface area contributed by atoms with E-state index in [0.29, 0.717) is 11.4 Å². The molecule has 0 aliphatic carbocycles. The minimum Gasteiger partial charge on any atom is -0.359 e. The van der Waals surface area contributed by atoms with Crippen molar-refractivity contribution in [1.82, 2.24) is 5.16 Å². The van der Waals surface area contributed by atoms with Crippen molar-refractivity contribution in [1.29, 1.82) is 0 Å². The Bertz CT molecular complexity index is 371. The second-order valence-electron chi connectivity index (χ2n) is 4.05. The van der Waals surface area contributed by atoms with E-state index in [1.54, 1.807) is 13.8 Å². The van der Waals surface area contributed by atoms with Gasteiger partial charge in [0.25, 0.3) is 0 Å². The molecule has 2 atom stereocenters. The summed E-state index contributed by atoms with van der Waals surface area (Å²) in [5.74, 6) is 0.289. The number of nitrogens with two attached hydrogens (primary N) is 1. The number of anilines is 1. The Morgan fingerprint density at radius 3 is 2.69 bits per heavy atom. The van der Waals surface area contributed by atoms with E-state index in [4.69, 9.17) is 10.3 Å². The van der Waals surface area contributed by atoms with Gasteiger partial charge in [-0.2, -0.15) is 0 Å². The van der Waals surface area contributed by atoms with E-state index >= 15 is 0 Å². The summed E-state index contributed by atoms with van der Waals surface area (Å²) < 4.78 is 5.03. The van der Waals surface area contributed by atoms with Crippen molar-refractivity contribution in [3.05, 3.63) is 11.5 Å². The Hall–Kier alpha value is -1.36. The summed E-state index contributed by atoms with van der Waals surface area (Å²) in [5.41, 5.74) is 7.12. The highest BCUT2D eigenvalue weighted by Crippen LogP contribution is 2.21. The molecule has 1 aromatic rings. The number of nitrogens with zero attached hydrogens (tertiary/aromatic N) is 1. The minimum absolute atomic E-state index is 0.101. The summed E-state index contributed by atoms with van der Waals surface area (Å²) in [5, 5.41) is 6.69. The second kappa shape index (κ2) is 5.12. The maximum atomic E-state index is 11.8. The number of amides is 1. The zero-order chi connectivity index (χ0) is 12.3. The number of carbonyl (C=O) groups excluding carboxylic acids is 1. The summed E-state index contributed by atoms with van der Waals surface area (Å²) in [6.07, 6.45) is 0.722. The van der Waals surface area contributed by atoms with E-state index in [-0.39, 0.29) is 17.9 Å². The van der Waals surface area contributed by atoms with E-state index < -0.39 is 0 Å². The molecule has 1 amide bonds. The number of hydrogen-bond acceptors (Lipinski definition) is 4.